The maximum atomic E-state index is 6.00. The smallest absolute Gasteiger partial charge is 0.0408 e. The molecule has 2 fully saturated rings. The Hall–Kier alpha value is -0.530. The second-order valence-corrected chi connectivity index (χ2v) is 4.92. The fraction of sp³-hybridized carbons (Fsp3) is 0.500. The van der Waals surface area contributed by atoms with Crippen LogP contribution in [0.3, 0.4) is 0 Å². The molecule has 74 valence electrons. The van der Waals surface area contributed by atoms with Gasteiger partial charge in [0.05, 0.1) is 0 Å². The van der Waals surface area contributed by atoms with Gasteiger partial charge in [-0.15, -0.1) is 0 Å². The molecular weight excluding hydrogens is 194 g/mol. The monoisotopic (exact) mass is 207 g/mol. The van der Waals surface area contributed by atoms with E-state index in [1.54, 1.807) is 0 Å². The van der Waals surface area contributed by atoms with Crippen molar-refractivity contribution in [3.05, 3.63) is 34.9 Å². The molecule has 2 aliphatic rings. The topological polar surface area (TPSA) is 12.0 Å². The Morgan fingerprint density at radius 3 is 3.00 bits per heavy atom. The van der Waals surface area contributed by atoms with E-state index in [1.165, 1.54) is 25.1 Å². The summed E-state index contributed by atoms with van der Waals surface area (Å²) < 4.78 is 0. The summed E-state index contributed by atoms with van der Waals surface area (Å²) in [5.74, 6) is 2.56. The van der Waals surface area contributed by atoms with Crippen molar-refractivity contribution in [3.63, 3.8) is 0 Å². The zero-order valence-electron chi connectivity index (χ0n) is 8.04. The van der Waals surface area contributed by atoms with E-state index < -0.39 is 0 Å². The van der Waals surface area contributed by atoms with Crippen LogP contribution < -0.4 is 5.32 Å². The van der Waals surface area contributed by atoms with Crippen LogP contribution in [-0.4, -0.2) is 13.1 Å². The second kappa shape index (κ2) is 3.25. The van der Waals surface area contributed by atoms with Gasteiger partial charge in [0.1, 0.15) is 0 Å². The van der Waals surface area contributed by atoms with Crippen LogP contribution in [0.15, 0.2) is 24.3 Å². The maximum absolute atomic E-state index is 6.00. The van der Waals surface area contributed by atoms with Gasteiger partial charge >= 0.3 is 0 Å². The highest BCUT2D eigenvalue weighted by atomic mass is 35.5. The van der Waals surface area contributed by atoms with Gasteiger partial charge in [-0.25, -0.2) is 0 Å². The van der Waals surface area contributed by atoms with E-state index in [1.807, 2.05) is 6.07 Å². The van der Waals surface area contributed by atoms with Gasteiger partial charge in [-0.1, -0.05) is 23.7 Å². The lowest BCUT2D eigenvalue weighted by Crippen LogP contribution is -2.33. The first-order valence-corrected chi connectivity index (χ1v) is 5.68. The summed E-state index contributed by atoms with van der Waals surface area (Å²) >= 11 is 6.00. The van der Waals surface area contributed by atoms with Crippen molar-refractivity contribution < 1.29 is 0 Å². The molecule has 1 aromatic rings. The largest absolute Gasteiger partial charge is 0.316 e. The predicted octanol–water partition coefficient (Wildman–Crippen LogP) is 2.66. The summed E-state index contributed by atoms with van der Waals surface area (Å²) in [4.78, 5) is 0. The van der Waals surface area contributed by atoms with Gasteiger partial charge in [-0.2, -0.15) is 0 Å². The fourth-order valence-electron chi connectivity index (χ4n) is 2.91. The summed E-state index contributed by atoms with van der Waals surface area (Å²) in [5.41, 5.74) is 1.43. The van der Waals surface area contributed by atoms with E-state index in [4.69, 9.17) is 11.6 Å². The Kier molecular flexibility index (Phi) is 2.03. The SMILES string of the molecule is Clc1cccc([C@H]2C[C@H]3CNC[C@H]32)c1. The number of nitrogens with one attached hydrogen (secondary N) is 1. The average Bonchev–Trinajstić information content (AvgIpc) is 2.48. The lowest BCUT2D eigenvalue weighted by atomic mass is 9.64. The van der Waals surface area contributed by atoms with Crippen molar-refractivity contribution in [1.29, 1.82) is 0 Å². The molecule has 1 saturated heterocycles. The zero-order chi connectivity index (χ0) is 9.54. The van der Waals surface area contributed by atoms with Crippen LogP contribution in [0.4, 0.5) is 0 Å². The van der Waals surface area contributed by atoms with Crippen LogP contribution in [-0.2, 0) is 0 Å². The van der Waals surface area contributed by atoms with Gasteiger partial charge in [0.2, 0.25) is 0 Å². The summed E-state index contributed by atoms with van der Waals surface area (Å²) in [7, 11) is 0. The molecule has 3 rings (SSSR count). The number of halogens is 1. The van der Waals surface area contributed by atoms with Gasteiger partial charge in [-0.3, -0.25) is 0 Å². The normalized spacial score (nSPS) is 35.1. The summed E-state index contributed by atoms with van der Waals surface area (Å²) in [6.45, 7) is 2.42. The number of benzene rings is 1. The maximum Gasteiger partial charge on any atom is 0.0408 e. The van der Waals surface area contributed by atoms with Crippen molar-refractivity contribution in [2.75, 3.05) is 13.1 Å². The Labute approximate surface area is 89.5 Å². The standard InChI is InChI=1S/C12H14ClN/c13-10-3-1-2-8(4-10)11-5-9-6-14-7-12(9)11/h1-4,9,11-12,14H,5-7H2/t9-,11+,12+/m0/s1. The molecule has 0 bridgehead atoms. The Morgan fingerprint density at radius 1 is 1.29 bits per heavy atom. The molecule has 0 aromatic heterocycles. The van der Waals surface area contributed by atoms with Gasteiger partial charge in [0, 0.05) is 5.02 Å². The fourth-order valence-corrected chi connectivity index (χ4v) is 3.11. The second-order valence-electron chi connectivity index (χ2n) is 4.48. The molecule has 1 aliphatic carbocycles. The molecule has 1 aromatic carbocycles. The van der Waals surface area contributed by atoms with E-state index >= 15 is 0 Å². The van der Waals surface area contributed by atoms with Crippen LogP contribution in [0.25, 0.3) is 0 Å². The van der Waals surface area contributed by atoms with E-state index in [2.05, 4.69) is 23.5 Å². The van der Waals surface area contributed by atoms with Crippen molar-refractivity contribution in [2.45, 2.75) is 12.3 Å². The van der Waals surface area contributed by atoms with Gasteiger partial charge in [-0.05, 0) is 55.0 Å². The molecule has 0 amide bonds. The molecule has 1 saturated carbocycles. The number of hydrogen-bond acceptors (Lipinski definition) is 1. The number of hydrogen-bond donors (Lipinski definition) is 1. The predicted molar refractivity (Wildman–Crippen MR) is 58.7 cm³/mol. The first-order valence-electron chi connectivity index (χ1n) is 5.31. The third-order valence-electron chi connectivity index (χ3n) is 3.74. The average molecular weight is 208 g/mol. The highest BCUT2D eigenvalue weighted by molar-refractivity contribution is 6.30. The highest BCUT2D eigenvalue weighted by Gasteiger charge is 2.44. The van der Waals surface area contributed by atoms with Crippen molar-refractivity contribution >= 4 is 11.6 Å². The molecular formula is C12H14ClN. The molecule has 2 heteroatoms. The first kappa shape index (κ1) is 8.75. The molecule has 1 N–H and O–H groups in total. The summed E-state index contributed by atoms with van der Waals surface area (Å²) in [5, 5.41) is 4.34. The zero-order valence-corrected chi connectivity index (χ0v) is 8.80. The van der Waals surface area contributed by atoms with Crippen LogP contribution >= 0.6 is 11.6 Å². The third kappa shape index (κ3) is 1.27. The van der Waals surface area contributed by atoms with E-state index in [-0.39, 0.29) is 0 Å². The summed E-state index contributed by atoms with van der Waals surface area (Å²) in [6.07, 6.45) is 1.35. The van der Waals surface area contributed by atoms with Crippen LogP contribution in [0.2, 0.25) is 5.02 Å². The number of rotatable bonds is 1. The Bertz CT molecular complexity index is 350. The molecule has 0 radical (unpaired) electrons. The van der Waals surface area contributed by atoms with Crippen molar-refractivity contribution in [2.24, 2.45) is 11.8 Å². The quantitative estimate of drug-likeness (QED) is 0.747. The third-order valence-corrected chi connectivity index (χ3v) is 3.98. The molecule has 0 spiro atoms. The van der Waals surface area contributed by atoms with Crippen molar-refractivity contribution in [1.82, 2.24) is 5.32 Å². The Balaban J connectivity index is 1.83. The molecule has 3 atom stereocenters. The van der Waals surface area contributed by atoms with Crippen LogP contribution in [0, 0.1) is 11.8 Å². The minimum Gasteiger partial charge on any atom is -0.316 e. The van der Waals surface area contributed by atoms with Gasteiger partial charge < -0.3 is 5.32 Å². The molecule has 1 heterocycles. The molecule has 1 aliphatic heterocycles. The van der Waals surface area contributed by atoms with Gasteiger partial charge in [0.25, 0.3) is 0 Å². The molecule has 14 heavy (non-hydrogen) atoms. The minimum atomic E-state index is 0.758. The number of fused-ring (bicyclic) bond motifs is 1. The van der Waals surface area contributed by atoms with E-state index in [9.17, 15) is 0 Å². The minimum absolute atomic E-state index is 0.758. The Morgan fingerprint density at radius 2 is 2.21 bits per heavy atom. The van der Waals surface area contributed by atoms with Gasteiger partial charge in [0.15, 0.2) is 0 Å². The molecule has 1 nitrogen and oxygen atoms in total. The lowest BCUT2D eigenvalue weighted by Gasteiger charge is -2.40. The van der Waals surface area contributed by atoms with E-state index in [0.717, 1.165) is 22.8 Å². The van der Waals surface area contributed by atoms with Crippen LogP contribution in [0.1, 0.15) is 17.9 Å². The van der Waals surface area contributed by atoms with Crippen molar-refractivity contribution in [3.8, 4) is 0 Å². The highest BCUT2D eigenvalue weighted by Crippen LogP contribution is 2.49. The molecule has 0 unspecified atom stereocenters. The summed E-state index contributed by atoms with van der Waals surface area (Å²) in [6, 6.07) is 8.35. The van der Waals surface area contributed by atoms with Crippen LogP contribution in [0.5, 0.6) is 0 Å². The first-order chi connectivity index (χ1) is 6.84. The van der Waals surface area contributed by atoms with E-state index in [0.29, 0.717) is 0 Å². The lowest BCUT2D eigenvalue weighted by molar-refractivity contribution is 0.191.